The third kappa shape index (κ3) is 3.82. The second-order valence-corrected chi connectivity index (χ2v) is 6.43. The summed E-state index contributed by atoms with van der Waals surface area (Å²) >= 11 is 11.7. The number of nitrogens with one attached hydrogen (secondary N) is 1. The molecule has 8 heteroatoms. The molecule has 1 aromatic rings. The highest BCUT2D eigenvalue weighted by atomic mass is 35.5. The Hall–Kier alpha value is -0.820. The zero-order chi connectivity index (χ0) is 14.6. The Balaban J connectivity index is 3.20. The molecule has 1 rings (SSSR count). The van der Waals surface area contributed by atoms with E-state index >= 15 is 0 Å². The van der Waals surface area contributed by atoms with E-state index in [2.05, 4.69) is 5.32 Å². The zero-order valence-corrected chi connectivity index (χ0v) is 12.8. The number of halogens is 2. The monoisotopic (exact) mass is 324 g/mol. The van der Waals surface area contributed by atoms with Crippen LogP contribution in [0.5, 0.6) is 0 Å². The van der Waals surface area contributed by atoms with E-state index in [9.17, 15) is 13.2 Å². The predicted octanol–water partition coefficient (Wildman–Crippen LogP) is 1.75. The van der Waals surface area contributed by atoms with Crippen LogP contribution in [0.25, 0.3) is 0 Å². The predicted molar refractivity (Wildman–Crippen MR) is 75.0 cm³/mol. The standard InChI is InChI=1S/C11H14Cl2N2O3S/c1-3-15(7-11(16)14-2)19(17,18)10-6-8(12)4-5-9(10)13/h4-6H,3,7H2,1-2H3,(H,14,16). The Kier molecular flexibility index (Phi) is 5.61. The number of rotatable bonds is 5. The molecule has 0 spiro atoms. The van der Waals surface area contributed by atoms with Crippen LogP contribution < -0.4 is 5.32 Å². The van der Waals surface area contributed by atoms with E-state index < -0.39 is 15.9 Å². The summed E-state index contributed by atoms with van der Waals surface area (Å²) in [6.45, 7) is 1.52. The molecule has 1 aromatic carbocycles. The van der Waals surface area contributed by atoms with Gasteiger partial charge in [0, 0.05) is 18.6 Å². The van der Waals surface area contributed by atoms with Crippen LogP contribution in [-0.4, -0.2) is 38.8 Å². The molecule has 0 aliphatic heterocycles. The Morgan fingerprint density at radius 2 is 2.00 bits per heavy atom. The van der Waals surface area contributed by atoms with Gasteiger partial charge in [-0.1, -0.05) is 30.1 Å². The van der Waals surface area contributed by atoms with Crippen molar-refractivity contribution in [2.24, 2.45) is 0 Å². The summed E-state index contributed by atoms with van der Waals surface area (Å²) in [5, 5.41) is 2.71. The Morgan fingerprint density at radius 3 is 2.53 bits per heavy atom. The number of amides is 1. The molecule has 0 atom stereocenters. The maximum absolute atomic E-state index is 12.4. The fraction of sp³-hybridized carbons (Fsp3) is 0.364. The van der Waals surface area contributed by atoms with Crippen LogP contribution in [0, 0.1) is 0 Å². The van der Waals surface area contributed by atoms with Gasteiger partial charge >= 0.3 is 0 Å². The first-order valence-electron chi connectivity index (χ1n) is 5.48. The molecule has 0 fully saturated rings. The Labute approximate surface area is 122 Å². The van der Waals surface area contributed by atoms with Gasteiger partial charge in [0.05, 0.1) is 11.6 Å². The number of hydrogen-bond acceptors (Lipinski definition) is 3. The number of likely N-dealkylation sites (N-methyl/N-ethyl adjacent to an activating group) is 2. The molecule has 0 radical (unpaired) electrons. The molecule has 0 saturated heterocycles. The van der Waals surface area contributed by atoms with Gasteiger partial charge in [0.15, 0.2) is 0 Å². The molecule has 106 valence electrons. The highest BCUT2D eigenvalue weighted by Gasteiger charge is 2.27. The summed E-state index contributed by atoms with van der Waals surface area (Å²) in [5.41, 5.74) is 0. The van der Waals surface area contributed by atoms with Gasteiger partial charge in [-0.3, -0.25) is 4.79 Å². The van der Waals surface area contributed by atoms with Crippen molar-refractivity contribution in [2.45, 2.75) is 11.8 Å². The average molecular weight is 325 g/mol. The third-order valence-corrected chi connectivity index (χ3v) is 5.10. The van der Waals surface area contributed by atoms with Gasteiger partial charge in [-0.2, -0.15) is 4.31 Å². The van der Waals surface area contributed by atoms with Gasteiger partial charge in [-0.15, -0.1) is 0 Å². The lowest BCUT2D eigenvalue weighted by atomic mass is 10.4. The summed E-state index contributed by atoms with van der Waals surface area (Å²) in [6, 6.07) is 4.17. The minimum Gasteiger partial charge on any atom is -0.358 e. The number of carbonyl (C=O) groups is 1. The van der Waals surface area contributed by atoms with Crippen LogP contribution in [0.3, 0.4) is 0 Å². The van der Waals surface area contributed by atoms with Crippen LogP contribution in [0.15, 0.2) is 23.1 Å². The minimum absolute atomic E-state index is 0.0692. The second kappa shape index (κ2) is 6.56. The summed E-state index contributed by atoms with van der Waals surface area (Å²) in [4.78, 5) is 11.2. The van der Waals surface area contributed by atoms with Crippen molar-refractivity contribution in [3.8, 4) is 0 Å². The van der Waals surface area contributed by atoms with Crippen LogP contribution in [-0.2, 0) is 14.8 Å². The molecular weight excluding hydrogens is 311 g/mol. The molecule has 1 amide bonds. The van der Waals surface area contributed by atoms with E-state index in [0.29, 0.717) is 0 Å². The first-order valence-corrected chi connectivity index (χ1v) is 7.68. The van der Waals surface area contributed by atoms with Crippen LogP contribution in [0.2, 0.25) is 10.0 Å². The van der Waals surface area contributed by atoms with Gasteiger partial charge in [-0.25, -0.2) is 8.42 Å². The van der Waals surface area contributed by atoms with Crippen molar-refractivity contribution < 1.29 is 13.2 Å². The van der Waals surface area contributed by atoms with E-state index in [-0.39, 0.29) is 28.0 Å². The fourth-order valence-electron chi connectivity index (χ4n) is 1.42. The van der Waals surface area contributed by atoms with Gasteiger partial charge in [0.1, 0.15) is 4.90 Å². The quantitative estimate of drug-likeness (QED) is 0.897. The first kappa shape index (κ1) is 16.2. The summed E-state index contributed by atoms with van der Waals surface area (Å²) < 4.78 is 25.8. The number of hydrogen-bond donors (Lipinski definition) is 1. The zero-order valence-electron chi connectivity index (χ0n) is 10.5. The number of benzene rings is 1. The number of carbonyl (C=O) groups excluding carboxylic acids is 1. The van der Waals surface area contributed by atoms with Gasteiger partial charge in [0.25, 0.3) is 0 Å². The van der Waals surface area contributed by atoms with E-state index in [1.165, 1.54) is 25.2 Å². The lowest BCUT2D eigenvalue weighted by molar-refractivity contribution is -0.120. The van der Waals surface area contributed by atoms with Crippen molar-refractivity contribution in [3.05, 3.63) is 28.2 Å². The molecule has 0 aliphatic carbocycles. The highest BCUT2D eigenvalue weighted by molar-refractivity contribution is 7.89. The summed E-state index contributed by atoms with van der Waals surface area (Å²) in [7, 11) is -2.41. The molecule has 0 saturated carbocycles. The van der Waals surface area contributed by atoms with Crippen LogP contribution in [0.1, 0.15) is 6.92 Å². The Morgan fingerprint density at radius 1 is 1.37 bits per heavy atom. The SMILES string of the molecule is CCN(CC(=O)NC)S(=O)(=O)c1cc(Cl)ccc1Cl. The number of sulfonamides is 1. The summed E-state index contributed by atoms with van der Waals surface area (Å²) in [5.74, 6) is -0.399. The van der Waals surface area contributed by atoms with E-state index in [1.54, 1.807) is 6.92 Å². The van der Waals surface area contributed by atoms with Crippen molar-refractivity contribution in [3.63, 3.8) is 0 Å². The molecule has 0 bridgehead atoms. The molecule has 0 unspecified atom stereocenters. The second-order valence-electron chi connectivity index (χ2n) is 3.68. The minimum atomic E-state index is -3.85. The molecule has 0 aromatic heterocycles. The maximum Gasteiger partial charge on any atom is 0.245 e. The van der Waals surface area contributed by atoms with Crippen molar-refractivity contribution in [2.75, 3.05) is 20.1 Å². The fourth-order valence-corrected chi connectivity index (χ4v) is 3.56. The van der Waals surface area contributed by atoms with Crippen LogP contribution in [0.4, 0.5) is 0 Å². The van der Waals surface area contributed by atoms with Crippen molar-refractivity contribution >= 4 is 39.1 Å². The topological polar surface area (TPSA) is 66.5 Å². The molecule has 1 N–H and O–H groups in total. The van der Waals surface area contributed by atoms with Crippen molar-refractivity contribution in [1.82, 2.24) is 9.62 Å². The Bertz CT molecular complexity index is 575. The number of nitrogens with zero attached hydrogens (tertiary/aromatic N) is 1. The van der Waals surface area contributed by atoms with Gasteiger partial charge in [0.2, 0.25) is 15.9 Å². The third-order valence-electron chi connectivity index (χ3n) is 2.46. The van der Waals surface area contributed by atoms with E-state index in [0.717, 1.165) is 4.31 Å². The van der Waals surface area contributed by atoms with Crippen LogP contribution >= 0.6 is 23.2 Å². The first-order chi connectivity index (χ1) is 8.82. The smallest absolute Gasteiger partial charge is 0.245 e. The lowest BCUT2D eigenvalue weighted by Gasteiger charge is -2.20. The average Bonchev–Trinajstić information content (AvgIpc) is 2.37. The molecule has 19 heavy (non-hydrogen) atoms. The summed E-state index contributed by atoms with van der Waals surface area (Å²) in [6.07, 6.45) is 0. The molecule has 0 aliphatic rings. The lowest BCUT2D eigenvalue weighted by Crippen LogP contribution is -2.39. The highest BCUT2D eigenvalue weighted by Crippen LogP contribution is 2.27. The molecule has 0 heterocycles. The van der Waals surface area contributed by atoms with Gasteiger partial charge in [-0.05, 0) is 18.2 Å². The maximum atomic E-state index is 12.4. The van der Waals surface area contributed by atoms with E-state index in [4.69, 9.17) is 23.2 Å². The largest absolute Gasteiger partial charge is 0.358 e. The normalized spacial score (nSPS) is 11.6. The van der Waals surface area contributed by atoms with Crippen molar-refractivity contribution in [1.29, 1.82) is 0 Å². The molecule has 5 nitrogen and oxygen atoms in total. The van der Waals surface area contributed by atoms with Gasteiger partial charge < -0.3 is 5.32 Å². The molecular formula is C11H14Cl2N2O3S. The van der Waals surface area contributed by atoms with E-state index in [1.807, 2.05) is 0 Å².